The summed E-state index contributed by atoms with van der Waals surface area (Å²) in [6.07, 6.45) is 1.74. The Kier molecular flexibility index (Phi) is 3.72. The summed E-state index contributed by atoms with van der Waals surface area (Å²) in [6, 6.07) is 11.1. The predicted octanol–water partition coefficient (Wildman–Crippen LogP) is 3.17. The van der Waals surface area contributed by atoms with E-state index in [0.29, 0.717) is 17.9 Å². The number of rotatable bonds is 4. The standard InChI is InChI=1S/C15H15NO2/c1-11-6-5-9-16-14(11)10-18-15-8-4-3-7-13(15)12(2)17/h3-9H,10H2,1-2H3. The molecule has 0 saturated heterocycles. The lowest BCUT2D eigenvalue weighted by Gasteiger charge is -2.10. The molecule has 2 aromatic rings. The number of hydrogen-bond acceptors (Lipinski definition) is 3. The molecule has 0 radical (unpaired) electrons. The molecule has 0 saturated carbocycles. The lowest BCUT2D eigenvalue weighted by atomic mass is 10.1. The minimum absolute atomic E-state index is 0.00310. The molecule has 0 fully saturated rings. The van der Waals surface area contributed by atoms with E-state index in [0.717, 1.165) is 11.3 Å². The summed E-state index contributed by atoms with van der Waals surface area (Å²) in [5.41, 5.74) is 2.57. The number of para-hydroxylation sites is 1. The zero-order valence-electron chi connectivity index (χ0n) is 10.5. The second kappa shape index (κ2) is 5.45. The van der Waals surface area contributed by atoms with Crippen molar-refractivity contribution in [1.29, 1.82) is 0 Å². The second-order valence-electron chi connectivity index (χ2n) is 4.11. The van der Waals surface area contributed by atoms with Crippen molar-refractivity contribution in [1.82, 2.24) is 4.98 Å². The summed E-state index contributed by atoms with van der Waals surface area (Å²) >= 11 is 0. The number of hydrogen-bond donors (Lipinski definition) is 0. The van der Waals surface area contributed by atoms with Gasteiger partial charge in [0.2, 0.25) is 0 Å². The first kappa shape index (κ1) is 12.3. The van der Waals surface area contributed by atoms with Gasteiger partial charge >= 0.3 is 0 Å². The van der Waals surface area contributed by atoms with E-state index in [1.54, 1.807) is 18.3 Å². The average Bonchev–Trinajstić information content (AvgIpc) is 2.38. The monoisotopic (exact) mass is 241 g/mol. The Hall–Kier alpha value is -2.16. The summed E-state index contributed by atoms with van der Waals surface area (Å²) in [4.78, 5) is 15.7. The van der Waals surface area contributed by atoms with Gasteiger partial charge in [-0.1, -0.05) is 18.2 Å². The minimum atomic E-state index is 0.00310. The van der Waals surface area contributed by atoms with Crippen LogP contribution in [0, 0.1) is 6.92 Å². The molecule has 0 N–H and O–H groups in total. The van der Waals surface area contributed by atoms with Crippen molar-refractivity contribution in [3.63, 3.8) is 0 Å². The Morgan fingerprint density at radius 1 is 1.22 bits per heavy atom. The molecule has 2 rings (SSSR count). The maximum Gasteiger partial charge on any atom is 0.163 e. The number of benzene rings is 1. The molecule has 18 heavy (non-hydrogen) atoms. The highest BCUT2D eigenvalue weighted by Crippen LogP contribution is 2.19. The number of nitrogens with zero attached hydrogens (tertiary/aromatic N) is 1. The van der Waals surface area contributed by atoms with Gasteiger partial charge in [-0.3, -0.25) is 9.78 Å². The second-order valence-corrected chi connectivity index (χ2v) is 4.11. The molecule has 1 heterocycles. The summed E-state index contributed by atoms with van der Waals surface area (Å²) < 4.78 is 5.68. The van der Waals surface area contributed by atoms with E-state index in [-0.39, 0.29) is 5.78 Å². The van der Waals surface area contributed by atoms with Gasteiger partial charge in [0, 0.05) is 6.20 Å². The molecule has 3 heteroatoms. The van der Waals surface area contributed by atoms with Gasteiger partial charge in [0.25, 0.3) is 0 Å². The van der Waals surface area contributed by atoms with Crippen molar-refractivity contribution in [2.45, 2.75) is 20.5 Å². The van der Waals surface area contributed by atoms with Crippen molar-refractivity contribution in [2.24, 2.45) is 0 Å². The van der Waals surface area contributed by atoms with Crippen LogP contribution in [0.5, 0.6) is 5.75 Å². The molecule has 92 valence electrons. The maximum atomic E-state index is 11.4. The fourth-order valence-corrected chi connectivity index (χ4v) is 1.70. The van der Waals surface area contributed by atoms with Crippen molar-refractivity contribution >= 4 is 5.78 Å². The lowest BCUT2D eigenvalue weighted by Crippen LogP contribution is -2.04. The van der Waals surface area contributed by atoms with Gasteiger partial charge in [0.15, 0.2) is 5.78 Å². The molecular weight excluding hydrogens is 226 g/mol. The Balaban J connectivity index is 2.16. The smallest absolute Gasteiger partial charge is 0.163 e. The number of aromatic nitrogens is 1. The van der Waals surface area contributed by atoms with Crippen LogP contribution < -0.4 is 4.74 Å². The third-order valence-corrected chi connectivity index (χ3v) is 2.75. The molecule has 1 aromatic heterocycles. The summed E-state index contributed by atoms with van der Waals surface area (Å²) in [5.74, 6) is 0.610. The third kappa shape index (κ3) is 2.74. The van der Waals surface area contributed by atoms with Gasteiger partial charge in [-0.2, -0.15) is 0 Å². The highest BCUT2D eigenvalue weighted by Gasteiger charge is 2.08. The summed E-state index contributed by atoms with van der Waals surface area (Å²) in [7, 11) is 0. The molecule has 0 amide bonds. The van der Waals surface area contributed by atoms with E-state index in [1.807, 2.05) is 31.2 Å². The van der Waals surface area contributed by atoms with Crippen LogP contribution in [0.3, 0.4) is 0 Å². The first-order valence-electron chi connectivity index (χ1n) is 5.81. The third-order valence-electron chi connectivity index (χ3n) is 2.75. The van der Waals surface area contributed by atoms with E-state index in [1.165, 1.54) is 6.92 Å². The Morgan fingerprint density at radius 3 is 2.72 bits per heavy atom. The molecule has 3 nitrogen and oxygen atoms in total. The van der Waals surface area contributed by atoms with Gasteiger partial charge < -0.3 is 4.74 Å². The summed E-state index contributed by atoms with van der Waals surface area (Å²) in [6.45, 7) is 3.90. The Bertz CT molecular complexity index is 564. The number of pyridine rings is 1. The number of Topliss-reactive ketones (excluding diaryl/α,β-unsaturated/α-hetero) is 1. The topological polar surface area (TPSA) is 39.2 Å². The van der Waals surface area contributed by atoms with E-state index in [9.17, 15) is 4.79 Å². The number of aryl methyl sites for hydroxylation is 1. The number of ketones is 1. The molecule has 0 aliphatic rings. The van der Waals surface area contributed by atoms with Crippen LogP contribution in [-0.4, -0.2) is 10.8 Å². The fourth-order valence-electron chi connectivity index (χ4n) is 1.70. The Morgan fingerprint density at radius 2 is 2.00 bits per heavy atom. The fraction of sp³-hybridized carbons (Fsp3) is 0.200. The van der Waals surface area contributed by atoms with Gasteiger partial charge in [0.05, 0.1) is 11.3 Å². The van der Waals surface area contributed by atoms with Crippen LogP contribution in [0.15, 0.2) is 42.6 Å². The average molecular weight is 241 g/mol. The SMILES string of the molecule is CC(=O)c1ccccc1OCc1ncccc1C. The minimum Gasteiger partial charge on any atom is -0.487 e. The Labute approximate surface area is 106 Å². The van der Waals surface area contributed by atoms with Crippen LogP contribution in [0.1, 0.15) is 28.5 Å². The van der Waals surface area contributed by atoms with Crippen molar-refractivity contribution in [3.8, 4) is 5.75 Å². The van der Waals surface area contributed by atoms with E-state index in [4.69, 9.17) is 4.74 Å². The van der Waals surface area contributed by atoms with E-state index in [2.05, 4.69) is 4.98 Å². The number of ether oxygens (including phenoxy) is 1. The van der Waals surface area contributed by atoms with Crippen LogP contribution in [-0.2, 0) is 6.61 Å². The molecule has 1 aromatic carbocycles. The molecule has 0 aliphatic heterocycles. The molecule has 0 atom stereocenters. The largest absolute Gasteiger partial charge is 0.487 e. The number of carbonyl (C=O) groups excluding carboxylic acids is 1. The van der Waals surface area contributed by atoms with Gasteiger partial charge in [0.1, 0.15) is 12.4 Å². The normalized spacial score (nSPS) is 10.1. The van der Waals surface area contributed by atoms with Gasteiger partial charge in [-0.25, -0.2) is 0 Å². The zero-order chi connectivity index (χ0) is 13.0. The van der Waals surface area contributed by atoms with Crippen LogP contribution in [0.25, 0.3) is 0 Å². The zero-order valence-corrected chi connectivity index (χ0v) is 10.5. The predicted molar refractivity (Wildman–Crippen MR) is 69.8 cm³/mol. The van der Waals surface area contributed by atoms with E-state index >= 15 is 0 Å². The van der Waals surface area contributed by atoms with Gasteiger partial charge in [-0.15, -0.1) is 0 Å². The highest BCUT2D eigenvalue weighted by atomic mass is 16.5. The molecule has 0 unspecified atom stereocenters. The number of carbonyl (C=O) groups is 1. The maximum absolute atomic E-state index is 11.4. The molecular formula is C15H15NO2. The van der Waals surface area contributed by atoms with Crippen molar-refractivity contribution < 1.29 is 9.53 Å². The molecule has 0 aliphatic carbocycles. The van der Waals surface area contributed by atoms with Crippen molar-refractivity contribution in [2.75, 3.05) is 0 Å². The first-order chi connectivity index (χ1) is 8.68. The van der Waals surface area contributed by atoms with Crippen LogP contribution >= 0.6 is 0 Å². The summed E-state index contributed by atoms with van der Waals surface area (Å²) in [5, 5.41) is 0. The quantitative estimate of drug-likeness (QED) is 0.772. The lowest BCUT2D eigenvalue weighted by molar-refractivity contribution is 0.101. The first-order valence-corrected chi connectivity index (χ1v) is 5.81. The van der Waals surface area contributed by atoms with E-state index < -0.39 is 0 Å². The van der Waals surface area contributed by atoms with Crippen LogP contribution in [0.4, 0.5) is 0 Å². The highest BCUT2D eigenvalue weighted by molar-refractivity contribution is 5.96. The van der Waals surface area contributed by atoms with Gasteiger partial charge in [-0.05, 0) is 37.6 Å². The van der Waals surface area contributed by atoms with Crippen molar-refractivity contribution in [3.05, 3.63) is 59.4 Å². The molecule has 0 bridgehead atoms. The molecule has 0 spiro atoms. The van der Waals surface area contributed by atoms with Crippen LogP contribution in [0.2, 0.25) is 0 Å².